The lowest BCUT2D eigenvalue weighted by Crippen LogP contribution is -2.53. The molecule has 0 spiro atoms. The molecule has 0 saturated heterocycles. The summed E-state index contributed by atoms with van der Waals surface area (Å²) >= 11 is 12.8. The number of nitrogens with one attached hydrogen (secondary N) is 1. The van der Waals surface area contributed by atoms with E-state index in [9.17, 15) is 22.4 Å². The normalized spacial score (nSPS) is 12.1. The lowest BCUT2D eigenvalue weighted by atomic mass is 10.0. The number of carbonyl (C=O) groups excluding carboxylic acids is 2. The molecule has 4 rings (SSSR count). The Bertz CT molecular complexity index is 1750. The van der Waals surface area contributed by atoms with Gasteiger partial charge in [0, 0.05) is 19.5 Å². The summed E-state index contributed by atoms with van der Waals surface area (Å²) in [5.41, 5.74) is 2.21. The molecule has 242 valence electrons. The molecule has 0 aromatic heterocycles. The molecule has 4 aromatic rings. The Hall–Kier alpha value is -3.92. The summed E-state index contributed by atoms with van der Waals surface area (Å²) in [6.45, 7) is 5.32. The van der Waals surface area contributed by atoms with Gasteiger partial charge in [0.1, 0.15) is 18.4 Å². The topological polar surface area (TPSA) is 86.8 Å². The Kier molecular flexibility index (Phi) is 11.8. The third-order valence-electron chi connectivity index (χ3n) is 7.31. The first-order chi connectivity index (χ1) is 21.9. The zero-order chi connectivity index (χ0) is 33.4. The maximum atomic E-state index is 14.5. The monoisotopic (exact) mass is 683 g/mol. The fraction of sp³-hybridized carbons (Fsp3) is 0.257. The minimum atomic E-state index is -4.35. The number of halogens is 3. The van der Waals surface area contributed by atoms with Gasteiger partial charge in [-0.15, -0.1) is 0 Å². The summed E-state index contributed by atoms with van der Waals surface area (Å²) in [6.07, 6.45) is 0.153. The van der Waals surface area contributed by atoms with Crippen molar-refractivity contribution in [3.05, 3.63) is 130 Å². The van der Waals surface area contributed by atoms with Crippen molar-refractivity contribution in [1.29, 1.82) is 0 Å². The Balaban J connectivity index is 1.82. The van der Waals surface area contributed by atoms with E-state index >= 15 is 0 Å². The van der Waals surface area contributed by atoms with E-state index in [1.807, 2.05) is 51.1 Å². The summed E-state index contributed by atoms with van der Waals surface area (Å²) in [4.78, 5) is 29.6. The van der Waals surface area contributed by atoms with E-state index < -0.39 is 40.2 Å². The van der Waals surface area contributed by atoms with Crippen LogP contribution in [0, 0.1) is 18.7 Å². The van der Waals surface area contributed by atoms with Gasteiger partial charge in [0.25, 0.3) is 10.0 Å². The van der Waals surface area contributed by atoms with E-state index in [0.717, 1.165) is 15.4 Å². The van der Waals surface area contributed by atoms with Gasteiger partial charge in [-0.05, 0) is 60.4 Å². The van der Waals surface area contributed by atoms with Crippen molar-refractivity contribution < 1.29 is 22.4 Å². The third-order valence-corrected chi connectivity index (χ3v) is 9.89. The van der Waals surface area contributed by atoms with Crippen LogP contribution in [0.3, 0.4) is 0 Å². The lowest BCUT2D eigenvalue weighted by molar-refractivity contribution is -0.140. The minimum Gasteiger partial charge on any atom is -0.354 e. The molecule has 1 N–H and O–H groups in total. The van der Waals surface area contributed by atoms with E-state index in [4.69, 9.17) is 23.2 Å². The summed E-state index contributed by atoms with van der Waals surface area (Å²) in [6, 6.07) is 24.5. The number of sulfonamides is 1. The van der Waals surface area contributed by atoms with Crippen LogP contribution < -0.4 is 9.62 Å². The smallest absolute Gasteiger partial charge is 0.264 e. The Morgan fingerprint density at radius 2 is 1.50 bits per heavy atom. The van der Waals surface area contributed by atoms with E-state index in [1.54, 1.807) is 18.2 Å². The molecule has 0 aliphatic rings. The molecule has 11 heteroatoms. The lowest BCUT2D eigenvalue weighted by Gasteiger charge is -2.34. The van der Waals surface area contributed by atoms with Crippen molar-refractivity contribution in [3.63, 3.8) is 0 Å². The fourth-order valence-corrected chi connectivity index (χ4v) is 6.67. The van der Waals surface area contributed by atoms with Gasteiger partial charge in [-0.25, -0.2) is 12.8 Å². The molecular weight excluding hydrogens is 648 g/mol. The van der Waals surface area contributed by atoms with Crippen molar-refractivity contribution in [2.75, 3.05) is 17.4 Å². The SMILES string of the molecule is Cc1ccc(S(=O)(=O)N(CC(=O)N(Cc2ccc(F)cc2)[C@H](Cc2ccccc2)C(=O)NCC(C)C)c2cccc(Cl)c2Cl)cc1. The molecule has 0 aliphatic heterocycles. The number of aryl methyl sites for hydroxylation is 1. The number of benzene rings is 4. The van der Waals surface area contributed by atoms with Crippen LogP contribution >= 0.6 is 23.2 Å². The highest BCUT2D eigenvalue weighted by Crippen LogP contribution is 2.35. The van der Waals surface area contributed by atoms with Crippen molar-refractivity contribution in [1.82, 2.24) is 10.2 Å². The van der Waals surface area contributed by atoms with Gasteiger partial charge in [0.05, 0.1) is 20.6 Å². The molecule has 4 aromatic carbocycles. The van der Waals surface area contributed by atoms with Gasteiger partial charge < -0.3 is 10.2 Å². The average Bonchev–Trinajstić information content (AvgIpc) is 3.03. The van der Waals surface area contributed by atoms with Gasteiger partial charge >= 0.3 is 0 Å². The predicted octanol–water partition coefficient (Wildman–Crippen LogP) is 7.05. The molecule has 0 fully saturated rings. The second kappa shape index (κ2) is 15.6. The molecule has 0 unspecified atom stereocenters. The largest absolute Gasteiger partial charge is 0.354 e. The van der Waals surface area contributed by atoms with Crippen LogP contribution in [0.5, 0.6) is 0 Å². The summed E-state index contributed by atoms with van der Waals surface area (Å²) in [5.74, 6) is -1.38. The van der Waals surface area contributed by atoms with Gasteiger partial charge in [-0.1, -0.05) is 103 Å². The highest BCUT2D eigenvalue weighted by Gasteiger charge is 2.35. The third kappa shape index (κ3) is 8.87. The minimum absolute atomic E-state index is 0.00805. The van der Waals surface area contributed by atoms with Crippen LogP contribution in [-0.4, -0.2) is 44.3 Å². The van der Waals surface area contributed by atoms with Gasteiger partial charge in [0.15, 0.2) is 0 Å². The van der Waals surface area contributed by atoms with Crippen molar-refractivity contribution in [3.8, 4) is 0 Å². The van der Waals surface area contributed by atoms with Gasteiger partial charge in [0.2, 0.25) is 11.8 Å². The molecule has 0 aliphatic carbocycles. The summed E-state index contributed by atoms with van der Waals surface area (Å²) < 4.78 is 43.1. The predicted molar refractivity (Wildman–Crippen MR) is 181 cm³/mol. The number of amides is 2. The summed E-state index contributed by atoms with van der Waals surface area (Å²) in [5, 5.41) is 2.99. The second-order valence-electron chi connectivity index (χ2n) is 11.4. The first-order valence-corrected chi connectivity index (χ1v) is 17.0. The van der Waals surface area contributed by atoms with E-state index in [-0.39, 0.29) is 39.5 Å². The van der Waals surface area contributed by atoms with Crippen LogP contribution in [0.1, 0.15) is 30.5 Å². The number of nitrogens with zero attached hydrogens (tertiary/aromatic N) is 2. The van der Waals surface area contributed by atoms with Gasteiger partial charge in [-0.2, -0.15) is 0 Å². The molecule has 1 atom stereocenters. The van der Waals surface area contributed by atoms with Crippen LogP contribution in [-0.2, 0) is 32.6 Å². The number of hydrogen-bond acceptors (Lipinski definition) is 4. The van der Waals surface area contributed by atoms with Gasteiger partial charge in [-0.3, -0.25) is 13.9 Å². The first-order valence-electron chi connectivity index (χ1n) is 14.8. The zero-order valence-electron chi connectivity index (χ0n) is 25.8. The molecule has 7 nitrogen and oxygen atoms in total. The van der Waals surface area contributed by atoms with E-state index in [2.05, 4.69) is 5.32 Å². The molecule has 46 heavy (non-hydrogen) atoms. The first kappa shape index (κ1) is 34.9. The van der Waals surface area contributed by atoms with Crippen molar-refractivity contribution in [2.45, 2.75) is 44.7 Å². The Morgan fingerprint density at radius 3 is 2.13 bits per heavy atom. The number of rotatable bonds is 13. The zero-order valence-corrected chi connectivity index (χ0v) is 28.1. The summed E-state index contributed by atoms with van der Waals surface area (Å²) in [7, 11) is -4.35. The fourth-order valence-electron chi connectivity index (χ4n) is 4.80. The van der Waals surface area contributed by atoms with E-state index in [1.165, 1.54) is 53.4 Å². The molecule has 0 saturated carbocycles. The molecular formula is C35H36Cl2FN3O4S. The van der Waals surface area contributed by atoms with Crippen LogP contribution in [0.25, 0.3) is 0 Å². The maximum Gasteiger partial charge on any atom is 0.264 e. The van der Waals surface area contributed by atoms with Crippen LogP contribution in [0.2, 0.25) is 10.0 Å². The highest BCUT2D eigenvalue weighted by molar-refractivity contribution is 7.92. The standard InChI is InChI=1S/C35H36Cl2FN3O4S/c1-24(2)21-39-35(43)32(20-26-8-5-4-6-9-26)40(22-27-14-16-28(38)17-15-27)33(42)23-41(31-11-7-10-30(36)34(31)37)46(44,45)29-18-12-25(3)13-19-29/h4-19,24,32H,20-23H2,1-3H3,(H,39,43)/t32-/m1/s1. The molecule has 0 heterocycles. The maximum absolute atomic E-state index is 14.5. The number of carbonyl (C=O) groups is 2. The molecule has 2 amide bonds. The van der Waals surface area contributed by atoms with Crippen LogP contribution in [0.15, 0.2) is 102 Å². The molecule has 0 bridgehead atoms. The Labute approximate surface area is 280 Å². The number of hydrogen-bond donors (Lipinski definition) is 1. The average molecular weight is 685 g/mol. The van der Waals surface area contributed by atoms with E-state index in [0.29, 0.717) is 12.1 Å². The quantitative estimate of drug-likeness (QED) is 0.164. The van der Waals surface area contributed by atoms with Crippen LogP contribution in [0.4, 0.5) is 10.1 Å². The number of anilines is 1. The second-order valence-corrected chi connectivity index (χ2v) is 14.0. The van der Waals surface area contributed by atoms with Crippen molar-refractivity contribution >= 4 is 50.7 Å². The molecule has 0 radical (unpaired) electrons. The van der Waals surface area contributed by atoms with Crippen molar-refractivity contribution in [2.24, 2.45) is 5.92 Å². The Morgan fingerprint density at radius 1 is 0.848 bits per heavy atom. The highest BCUT2D eigenvalue weighted by atomic mass is 35.5.